The number of hydrogen-bond donors (Lipinski definition) is 2. The van der Waals surface area contributed by atoms with E-state index in [2.05, 4.69) is 20.3 Å². The summed E-state index contributed by atoms with van der Waals surface area (Å²) in [6.07, 6.45) is 0.193. The Balaban J connectivity index is 1.48. The first-order chi connectivity index (χ1) is 21.9. The topological polar surface area (TPSA) is 150 Å². The van der Waals surface area contributed by atoms with Crippen LogP contribution in [0.5, 0.6) is 0 Å². The van der Waals surface area contributed by atoms with Crippen LogP contribution in [0.15, 0.2) is 65.8 Å². The predicted molar refractivity (Wildman–Crippen MR) is 158 cm³/mol. The summed E-state index contributed by atoms with van der Waals surface area (Å²) in [4.78, 5) is 31.8. The number of pyridine rings is 1. The zero-order valence-corrected chi connectivity index (χ0v) is 24.7. The van der Waals surface area contributed by atoms with Gasteiger partial charge in [-0.2, -0.15) is 28.5 Å². The molecule has 46 heavy (non-hydrogen) atoms. The fourth-order valence-corrected chi connectivity index (χ4v) is 5.90. The molecule has 240 valence electrons. The number of nitrogens with zero attached hydrogens (tertiary/aromatic N) is 7. The first-order valence-corrected chi connectivity index (χ1v) is 14.4. The molecule has 1 aromatic carbocycles. The number of ether oxygens (including phenoxy) is 1. The van der Waals surface area contributed by atoms with Crippen LogP contribution in [0.3, 0.4) is 0 Å². The van der Waals surface area contributed by atoms with Crippen molar-refractivity contribution >= 4 is 28.3 Å². The lowest BCUT2D eigenvalue weighted by atomic mass is 9.81. The first-order valence-electron chi connectivity index (χ1n) is 14.4. The molecule has 0 unspecified atom stereocenters. The third kappa shape index (κ3) is 5.48. The van der Waals surface area contributed by atoms with Crippen molar-refractivity contribution in [1.82, 2.24) is 34.7 Å². The number of aromatic nitrogens is 7. The average molecular weight is 640 g/mol. The Bertz CT molecular complexity index is 1940. The number of alkyl halides is 3. The van der Waals surface area contributed by atoms with Crippen molar-refractivity contribution in [3.63, 3.8) is 0 Å². The summed E-state index contributed by atoms with van der Waals surface area (Å²) in [6.45, 7) is 1.73. The van der Waals surface area contributed by atoms with Gasteiger partial charge in [-0.25, -0.2) is 18.7 Å². The third-order valence-corrected chi connectivity index (χ3v) is 8.53. The van der Waals surface area contributed by atoms with Crippen LogP contribution in [0, 0.1) is 5.82 Å². The van der Waals surface area contributed by atoms with Gasteiger partial charge in [-0.05, 0) is 50.3 Å². The normalized spacial score (nSPS) is 19.3. The lowest BCUT2D eigenvalue weighted by Gasteiger charge is -2.37. The third-order valence-electron chi connectivity index (χ3n) is 8.53. The second-order valence-corrected chi connectivity index (χ2v) is 11.1. The van der Waals surface area contributed by atoms with Crippen molar-refractivity contribution in [3.8, 4) is 5.82 Å². The van der Waals surface area contributed by atoms with Gasteiger partial charge >= 0.3 is 6.18 Å². The minimum Gasteiger partial charge on any atom is -0.368 e. The molecule has 1 aliphatic rings. The molecule has 0 spiro atoms. The number of H-pyrrole nitrogens is 1. The lowest BCUT2D eigenvalue weighted by Crippen LogP contribution is -2.49. The van der Waals surface area contributed by atoms with Crippen molar-refractivity contribution in [2.24, 2.45) is 5.73 Å². The molecule has 4 aromatic heterocycles. The van der Waals surface area contributed by atoms with Gasteiger partial charge in [-0.15, -0.1) is 0 Å². The van der Waals surface area contributed by atoms with Gasteiger partial charge in [0, 0.05) is 24.8 Å². The summed E-state index contributed by atoms with van der Waals surface area (Å²) in [5.74, 6) is -0.735. The highest BCUT2D eigenvalue weighted by molar-refractivity contribution is 5.93. The number of halogens is 4. The molecule has 16 heteroatoms. The average Bonchev–Trinajstić information content (AvgIpc) is 3.72. The monoisotopic (exact) mass is 639 g/mol. The first kappa shape index (κ1) is 30.9. The molecule has 1 atom stereocenters. The molecule has 0 saturated heterocycles. The number of anilines is 2. The number of fused-ring (bicyclic) bond motifs is 1. The van der Waals surface area contributed by atoms with E-state index in [-0.39, 0.29) is 24.5 Å². The van der Waals surface area contributed by atoms with E-state index in [1.165, 1.54) is 27.6 Å². The van der Waals surface area contributed by atoms with Crippen LogP contribution in [0.4, 0.5) is 29.2 Å². The van der Waals surface area contributed by atoms with Gasteiger partial charge in [0.2, 0.25) is 5.91 Å². The molecule has 5 aromatic rings. The number of primary amides is 1. The van der Waals surface area contributed by atoms with Crippen LogP contribution in [0.2, 0.25) is 0 Å². The second-order valence-electron chi connectivity index (χ2n) is 11.1. The van der Waals surface area contributed by atoms with E-state index in [9.17, 15) is 27.2 Å². The van der Waals surface area contributed by atoms with Crippen LogP contribution in [0.1, 0.15) is 55.9 Å². The lowest BCUT2D eigenvalue weighted by molar-refractivity contribution is -0.145. The molecule has 1 fully saturated rings. The van der Waals surface area contributed by atoms with E-state index >= 15 is 0 Å². The minimum absolute atomic E-state index is 0.100. The number of nitrogens with one attached hydrogen (secondary N) is 1. The molecule has 0 radical (unpaired) electrons. The van der Waals surface area contributed by atoms with Crippen molar-refractivity contribution in [2.75, 3.05) is 12.0 Å². The largest absolute Gasteiger partial charge is 0.432 e. The summed E-state index contributed by atoms with van der Waals surface area (Å²) in [7, 11) is 1.41. The molecule has 3 N–H and O–H groups in total. The van der Waals surface area contributed by atoms with Crippen LogP contribution in [0.25, 0.3) is 16.6 Å². The maximum absolute atomic E-state index is 13.8. The summed E-state index contributed by atoms with van der Waals surface area (Å²) in [6, 6.07) is 9.66. The number of carbonyl (C=O) groups is 1. The molecule has 1 amide bonds. The quantitative estimate of drug-likeness (QED) is 0.231. The van der Waals surface area contributed by atoms with Gasteiger partial charge in [0.1, 0.15) is 11.3 Å². The Hall–Kier alpha value is -5.12. The summed E-state index contributed by atoms with van der Waals surface area (Å²) < 4.78 is 62.7. The number of methoxy groups -OCH3 is 1. The highest BCUT2D eigenvalue weighted by Gasteiger charge is 2.42. The molecule has 1 saturated carbocycles. The van der Waals surface area contributed by atoms with Crippen LogP contribution >= 0.6 is 0 Å². The van der Waals surface area contributed by atoms with E-state index in [1.807, 2.05) is 0 Å². The van der Waals surface area contributed by atoms with Crippen LogP contribution < -0.4 is 16.2 Å². The van der Waals surface area contributed by atoms with Crippen molar-refractivity contribution in [3.05, 3.63) is 88.5 Å². The molecule has 0 aliphatic heterocycles. The molecular weight excluding hydrogens is 610 g/mol. The SMILES string of the molecule is COC1(C(N)=O)CCC(n2nc(N(c3cc(C(F)(F)F)[nH]n3)[C@@H](C)c3ccc(-n4cc(F)cn4)nc3)c3ccccc3c2=O)CC1. The van der Waals surface area contributed by atoms with E-state index in [0.29, 0.717) is 35.0 Å². The van der Waals surface area contributed by atoms with Gasteiger partial charge < -0.3 is 15.4 Å². The van der Waals surface area contributed by atoms with Crippen molar-refractivity contribution in [2.45, 2.75) is 56.5 Å². The minimum atomic E-state index is -4.70. The zero-order chi connectivity index (χ0) is 32.8. The highest BCUT2D eigenvalue weighted by Crippen LogP contribution is 2.40. The second kappa shape index (κ2) is 11.7. The van der Waals surface area contributed by atoms with E-state index < -0.39 is 46.8 Å². The van der Waals surface area contributed by atoms with Crippen molar-refractivity contribution < 1.29 is 27.1 Å². The standard InChI is InChI=1S/C30H29F4N9O3/c1-17(18-7-8-24(36-14-18)41-16-19(31)15-37-41)42(25-13-23(38-39-25)30(32,33)34)26-21-5-3-4-6-22(21)27(44)43(40-26)20-9-11-29(46-2,12-10-20)28(35)45/h3-8,13-17,20H,9-12H2,1-2H3,(H2,35,45)(H,38,39)/t17-,20?,29?/m0/s1. The Kier molecular flexibility index (Phi) is 7.83. The van der Waals surface area contributed by atoms with Crippen LogP contribution in [-0.2, 0) is 15.7 Å². The molecule has 4 heterocycles. The number of carbonyl (C=O) groups excluding carboxylic acids is 1. The van der Waals surface area contributed by atoms with E-state index in [4.69, 9.17) is 15.6 Å². The Labute approximate surface area is 258 Å². The van der Waals surface area contributed by atoms with E-state index in [1.54, 1.807) is 43.3 Å². The Morgan fingerprint density at radius 1 is 1.15 bits per heavy atom. The predicted octanol–water partition coefficient (Wildman–Crippen LogP) is 4.74. The number of nitrogens with two attached hydrogens (primary N) is 1. The van der Waals surface area contributed by atoms with Gasteiger partial charge in [-0.3, -0.25) is 14.7 Å². The fraction of sp³-hybridized carbons (Fsp3) is 0.333. The van der Waals surface area contributed by atoms with Gasteiger partial charge in [0.25, 0.3) is 5.56 Å². The molecule has 0 bridgehead atoms. The number of hydrogen-bond acceptors (Lipinski definition) is 8. The highest BCUT2D eigenvalue weighted by atomic mass is 19.4. The number of amides is 1. The number of aromatic amines is 1. The van der Waals surface area contributed by atoms with Gasteiger partial charge in [-0.1, -0.05) is 24.3 Å². The number of rotatable bonds is 8. The molecule has 12 nitrogen and oxygen atoms in total. The Morgan fingerprint density at radius 2 is 1.87 bits per heavy atom. The zero-order valence-electron chi connectivity index (χ0n) is 24.7. The summed E-state index contributed by atoms with van der Waals surface area (Å²) in [5, 5.41) is 15.4. The van der Waals surface area contributed by atoms with Crippen molar-refractivity contribution in [1.29, 1.82) is 0 Å². The smallest absolute Gasteiger partial charge is 0.368 e. The summed E-state index contributed by atoms with van der Waals surface area (Å²) >= 11 is 0. The maximum atomic E-state index is 13.8. The molecular formula is C30H29F4N9O3. The van der Waals surface area contributed by atoms with Gasteiger partial charge in [0.05, 0.1) is 29.9 Å². The summed E-state index contributed by atoms with van der Waals surface area (Å²) in [5.41, 5.74) is 3.56. The Morgan fingerprint density at radius 3 is 2.43 bits per heavy atom. The van der Waals surface area contributed by atoms with Gasteiger partial charge in [0.15, 0.2) is 23.3 Å². The fourth-order valence-electron chi connectivity index (χ4n) is 5.90. The van der Waals surface area contributed by atoms with E-state index in [0.717, 1.165) is 18.5 Å². The van der Waals surface area contributed by atoms with Crippen LogP contribution in [-0.4, -0.2) is 53.4 Å². The molecule has 1 aliphatic carbocycles. The maximum Gasteiger partial charge on any atom is 0.432 e. The number of benzene rings is 1. The molecule has 6 rings (SSSR count).